The van der Waals surface area contributed by atoms with Gasteiger partial charge in [-0.3, -0.25) is 47.9 Å². The minimum atomic E-state index is -1.47. The number of hydrogen-bond donors (Lipinski definition) is 16. The molecule has 90 heavy (non-hydrogen) atoms. The normalized spacial score (nSPS) is 23.3. The number of rotatable bonds is 44. The summed E-state index contributed by atoms with van der Waals surface area (Å²) in [5.74, 6) is -4.46. The summed E-state index contributed by atoms with van der Waals surface area (Å²) in [7, 11) is 0. The molecule has 0 aromatic carbocycles. The molecule has 16 N–H and O–H groups in total. The molecule has 30 heteroatoms. The smallest absolute Gasteiger partial charge is 0.225 e. The first-order valence-electron chi connectivity index (χ1n) is 31.7. The number of amides is 10. The Kier molecular flexibility index (Phi) is 37.9. The predicted molar refractivity (Wildman–Crippen MR) is 326 cm³/mol. The topological polar surface area (TPSA) is 449 Å². The quantitative estimate of drug-likeness (QED) is 0.0278. The first kappa shape index (κ1) is 80.4. The second-order valence-electron chi connectivity index (χ2n) is 24.6. The lowest BCUT2D eigenvalue weighted by atomic mass is 9.82. The summed E-state index contributed by atoms with van der Waals surface area (Å²) in [6.45, 7) is 15.4. The third-order valence-electron chi connectivity index (χ3n) is 15.5. The molecule has 30 nitrogen and oxygen atoms in total. The van der Waals surface area contributed by atoms with Gasteiger partial charge >= 0.3 is 0 Å². The summed E-state index contributed by atoms with van der Waals surface area (Å²) in [4.78, 5) is 128. The van der Waals surface area contributed by atoms with Gasteiger partial charge in [-0.25, -0.2) is 0 Å². The Morgan fingerprint density at radius 2 is 0.889 bits per heavy atom. The number of nitrogens with one attached hydrogen (secondary N) is 10. The van der Waals surface area contributed by atoms with Gasteiger partial charge in [-0.1, -0.05) is 41.5 Å². The van der Waals surface area contributed by atoms with Crippen LogP contribution in [0.4, 0.5) is 0 Å². The standard InChI is InChI=1S/C60H108N10O20/c1-10-23-62-44(76)15-11-16-48(80)70-60(20-17-45(77)63-25-12-24-61-39(5)73,21-18-46(78)64-26-13-28-66-55(85)38(4)30-36(2)34-87-56-49(68-40(6)74)53(83)51(81)42(32-71)89-56)22-19-47(79)65-27-14-29-67-58(86)59(8,9)31-37(3)35-88-57-50(69-41(7)75)54(84)52(82)43(33-72)90-57/h36-38,42-43,49-54,56-57,71-72,81-84H,10-35H2,1-9H3,(H,61,73)(H,62,76)(H,63,77)(H,64,78)(H,65,79)(H,66,85)(H,67,86)(H,68,74)(H,69,75)(H,70,80). The van der Waals surface area contributed by atoms with E-state index in [1.165, 1.54) is 20.8 Å². The van der Waals surface area contributed by atoms with Crippen LogP contribution in [-0.2, 0) is 66.9 Å². The van der Waals surface area contributed by atoms with E-state index in [9.17, 15) is 78.6 Å². The number of hydrogen-bond acceptors (Lipinski definition) is 20. The van der Waals surface area contributed by atoms with Gasteiger partial charge in [0.05, 0.1) is 26.4 Å². The van der Waals surface area contributed by atoms with E-state index in [4.69, 9.17) is 18.9 Å². The van der Waals surface area contributed by atoms with Crippen molar-refractivity contribution in [2.24, 2.45) is 23.2 Å². The second kappa shape index (κ2) is 42.4. The van der Waals surface area contributed by atoms with Crippen LogP contribution >= 0.6 is 0 Å². The second-order valence-corrected chi connectivity index (χ2v) is 24.6. The lowest BCUT2D eigenvalue weighted by molar-refractivity contribution is -0.272. The van der Waals surface area contributed by atoms with Gasteiger partial charge in [0.1, 0.15) is 48.7 Å². The summed E-state index contributed by atoms with van der Waals surface area (Å²) in [5, 5.41) is 88.9. The van der Waals surface area contributed by atoms with Crippen molar-refractivity contribution in [2.75, 3.05) is 72.2 Å². The fourth-order valence-corrected chi connectivity index (χ4v) is 10.6. The Labute approximate surface area is 529 Å². The van der Waals surface area contributed by atoms with E-state index < -0.39 is 121 Å². The number of aliphatic hydroxyl groups is 6. The summed E-state index contributed by atoms with van der Waals surface area (Å²) in [5.41, 5.74) is -2.16. The SMILES string of the molecule is CCCNC(=O)CCCC(=O)NC(CCC(=O)NCCCNC(C)=O)(CCC(=O)NCCCNC(=O)C(C)CC(C)COC1OC(CO)C(O)C(O)C1NC(C)=O)CCC(=O)NCCCNC(=O)C(C)(C)CC(C)COC1OC(CO)C(O)C(O)C1NC(C)=O. The van der Waals surface area contributed by atoms with E-state index in [2.05, 4.69) is 53.2 Å². The molecule has 14 unspecified atom stereocenters. The molecule has 2 saturated heterocycles. The maximum Gasteiger partial charge on any atom is 0.225 e. The van der Waals surface area contributed by atoms with Gasteiger partial charge in [0.15, 0.2) is 12.6 Å². The maximum absolute atomic E-state index is 13.7. The van der Waals surface area contributed by atoms with Gasteiger partial charge in [-0.05, 0) is 76.0 Å². The Hall–Kier alpha value is -5.70. The van der Waals surface area contributed by atoms with Crippen LogP contribution in [0.2, 0.25) is 0 Å². The third-order valence-corrected chi connectivity index (χ3v) is 15.5. The molecule has 2 aliphatic rings. The highest BCUT2D eigenvalue weighted by atomic mass is 16.7. The Morgan fingerprint density at radius 3 is 1.32 bits per heavy atom. The van der Waals surface area contributed by atoms with E-state index in [1.54, 1.807) is 20.8 Å². The van der Waals surface area contributed by atoms with Gasteiger partial charge in [-0.15, -0.1) is 0 Å². The van der Waals surface area contributed by atoms with Crippen molar-refractivity contribution in [3.63, 3.8) is 0 Å². The molecule has 10 amide bonds. The van der Waals surface area contributed by atoms with Crippen molar-refractivity contribution < 1.29 is 97.5 Å². The molecule has 2 rings (SSSR count). The maximum atomic E-state index is 13.7. The van der Waals surface area contributed by atoms with Crippen LogP contribution in [-0.4, -0.2) is 229 Å². The molecule has 14 atom stereocenters. The molecule has 0 radical (unpaired) electrons. The van der Waals surface area contributed by atoms with Gasteiger partial charge in [0.25, 0.3) is 0 Å². The highest BCUT2D eigenvalue weighted by Gasteiger charge is 2.47. The molecular formula is C60H108N10O20. The van der Waals surface area contributed by atoms with Crippen LogP contribution in [0, 0.1) is 23.2 Å². The molecule has 2 aliphatic heterocycles. The molecule has 0 aromatic rings. The molecular weight excluding hydrogens is 1180 g/mol. The van der Waals surface area contributed by atoms with Crippen LogP contribution in [0.25, 0.3) is 0 Å². The average molecular weight is 1290 g/mol. The van der Waals surface area contributed by atoms with E-state index in [1.807, 2.05) is 20.8 Å². The molecule has 0 saturated carbocycles. The third kappa shape index (κ3) is 31.1. The van der Waals surface area contributed by atoms with Crippen molar-refractivity contribution in [3.8, 4) is 0 Å². The zero-order chi connectivity index (χ0) is 67.6. The molecule has 0 aliphatic carbocycles. The number of ether oxygens (including phenoxy) is 4. The van der Waals surface area contributed by atoms with Crippen LogP contribution < -0.4 is 53.2 Å². The first-order chi connectivity index (χ1) is 42.5. The highest BCUT2D eigenvalue weighted by molar-refractivity contribution is 5.82. The summed E-state index contributed by atoms with van der Waals surface area (Å²) >= 11 is 0. The lowest BCUT2D eigenvalue weighted by Crippen LogP contribution is -2.64. The largest absolute Gasteiger partial charge is 0.394 e. The fourth-order valence-electron chi connectivity index (χ4n) is 10.6. The molecule has 0 aromatic heterocycles. The Bertz CT molecular complexity index is 2250. The summed E-state index contributed by atoms with van der Waals surface area (Å²) in [6, 6.07) is -2.22. The Balaban J connectivity index is 2.08. The van der Waals surface area contributed by atoms with Gasteiger partial charge in [-0.2, -0.15) is 0 Å². The van der Waals surface area contributed by atoms with Crippen molar-refractivity contribution >= 4 is 59.1 Å². The van der Waals surface area contributed by atoms with Gasteiger partial charge in [0, 0.05) is 116 Å². The summed E-state index contributed by atoms with van der Waals surface area (Å²) in [6.07, 6.45) is -8.00. The van der Waals surface area contributed by atoms with Crippen LogP contribution in [0.15, 0.2) is 0 Å². The lowest BCUT2D eigenvalue weighted by Gasteiger charge is -2.42. The molecule has 0 bridgehead atoms. The Morgan fingerprint density at radius 1 is 0.489 bits per heavy atom. The summed E-state index contributed by atoms with van der Waals surface area (Å²) < 4.78 is 23.0. The van der Waals surface area contributed by atoms with E-state index >= 15 is 0 Å². The van der Waals surface area contributed by atoms with Gasteiger partial charge in [0.2, 0.25) is 59.1 Å². The minimum absolute atomic E-state index is 0.0150. The van der Waals surface area contributed by atoms with E-state index in [-0.39, 0.29) is 145 Å². The molecule has 2 fully saturated rings. The zero-order valence-corrected chi connectivity index (χ0v) is 54.3. The van der Waals surface area contributed by atoms with Crippen molar-refractivity contribution in [1.82, 2.24) is 53.2 Å². The van der Waals surface area contributed by atoms with Crippen molar-refractivity contribution in [2.45, 2.75) is 225 Å². The van der Waals surface area contributed by atoms with Crippen molar-refractivity contribution in [3.05, 3.63) is 0 Å². The molecule has 0 spiro atoms. The molecule has 2 heterocycles. The van der Waals surface area contributed by atoms with Crippen LogP contribution in [0.3, 0.4) is 0 Å². The number of carbonyl (C=O) groups excluding carboxylic acids is 10. The fraction of sp³-hybridized carbons (Fsp3) is 0.833. The predicted octanol–water partition coefficient (Wildman–Crippen LogP) is -2.60. The van der Waals surface area contributed by atoms with E-state index in [0.29, 0.717) is 45.2 Å². The minimum Gasteiger partial charge on any atom is -0.394 e. The van der Waals surface area contributed by atoms with Crippen LogP contribution in [0.1, 0.15) is 159 Å². The average Bonchev–Trinajstić information content (AvgIpc) is 0.934. The number of aliphatic hydroxyl groups excluding tert-OH is 6. The first-order valence-corrected chi connectivity index (χ1v) is 31.7. The molecule has 518 valence electrons. The van der Waals surface area contributed by atoms with Crippen LogP contribution in [0.5, 0.6) is 0 Å². The van der Waals surface area contributed by atoms with E-state index in [0.717, 1.165) is 6.42 Å². The zero-order valence-electron chi connectivity index (χ0n) is 54.3. The van der Waals surface area contributed by atoms with Gasteiger partial charge < -0.3 is 103 Å². The highest BCUT2D eigenvalue weighted by Crippen LogP contribution is 2.30. The van der Waals surface area contributed by atoms with Crippen molar-refractivity contribution in [1.29, 1.82) is 0 Å². The monoisotopic (exact) mass is 1290 g/mol. The number of carbonyl (C=O) groups is 10.